The highest BCUT2D eigenvalue weighted by molar-refractivity contribution is 7.21. The fourth-order valence-electron chi connectivity index (χ4n) is 3.07. The number of benzene rings is 1. The molecule has 27 heavy (non-hydrogen) atoms. The first kappa shape index (κ1) is 19.6. The van der Waals surface area contributed by atoms with Crippen molar-refractivity contribution in [1.29, 1.82) is 0 Å². The van der Waals surface area contributed by atoms with Gasteiger partial charge in [0.1, 0.15) is 11.4 Å². The van der Waals surface area contributed by atoms with E-state index in [9.17, 15) is 14.4 Å². The summed E-state index contributed by atoms with van der Waals surface area (Å²) >= 11 is 7.51. The van der Waals surface area contributed by atoms with Crippen LogP contribution < -0.4 is 10.6 Å². The second-order valence-corrected chi connectivity index (χ2v) is 7.98. The van der Waals surface area contributed by atoms with E-state index >= 15 is 0 Å². The molecule has 1 saturated carbocycles. The topological polar surface area (TPSA) is 84.5 Å². The Bertz CT molecular complexity index is 861. The van der Waals surface area contributed by atoms with Gasteiger partial charge in [-0.1, -0.05) is 42.6 Å². The molecular weight excluding hydrogens is 388 g/mol. The lowest BCUT2D eigenvalue weighted by atomic mass is 10.2. The Morgan fingerprint density at radius 1 is 1.26 bits per heavy atom. The molecular formula is C19H21ClN2O4S. The van der Waals surface area contributed by atoms with Gasteiger partial charge in [-0.2, -0.15) is 0 Å². The van der Waals surface area contributed by atoms with E-state index in [4.69, 9.17) is 16.3 Å². The SMILES string of the molecule is C[C@H](OC(=O)CNC(=O)c1sc2ccccc2c1Cl)C(=O)NC1CCCC1. The van der Waals surface area contributed by atoms with E-state index in [2.05, 4.69) is 10.6 Å². The predicted molar refractivity (Wildman–Crippen MR) is 105 cm³/mol. The van der Waals surface area contributed by atoms with Crippen LogP contribution in [0, 0.1) is 0 Å². The fourth-order valence-corrected chi connectivity index (χ4v) is 4.51. The molecule has 0 bridgehead atoms. The third-order valence-electron chi connectivity index (χ3n) is 4.51. The number of carbonyl (C=O) groups is 3. The highest BCUT2D eigenvalue weighted by Crippen LogP contribution is 2.34. The molecule has 1 aromatic heterocycles. The maximum absolute atomic E-state index is 12.3. The molecule has 8 heteroatoms. The third kappa shape index (κ3) is 4.78. The summed E-state index contributed by atoms with van der Waals surface area (Å²) in [7, 11) is 0. The number of hydrogen-bond acceptors (Lipinski definition) is 5. The van der Waals surface area contributed by atoms with E-state index in [-0.39, 0.29) is 18.5 Å². The second-order valence-electron chi connectivity index (χ2n) is 6.55. The third-order valence-corrected chi connectivity index (χ3v) is 6.19. The van der Waals surface area contributed by atoms with Crippen molar-refractivity contribution in [3.8, 4) is 0 Å². The van der Waals surface area contributed by atoms with Crippen molar-refractivity contribution >= 4 is 50.8 Å². The van der Waals surface area contributed by atoms with E-state index in [0.29, 0.717) is 9.90 Å². The first-order valence-electron chi connectivity index (χ1n) is 8.91. The summed E-state index contributed by atoms with van der Waals surface area (Å²) in [6.45, 7) is 1.19. The van der Waals surface area contributed by atoms with Crippen LogP contribution in [0.4, 0.5) is 0 Å². The molecule has 0 spiro atoms. The van der Waals surface area contributed by atoms with E-state index in [1.54, 1.807) is 0 Å². The Hall–Kier alpha value is -2.12. The van der Waals surface area contributed by atoms with Crippen LogP contribution in [0.25, 0.3) is 10.1 Å². The van der Waals surface area contributed by atoms with Crippen LogP contribution in [-0.2, 0) is 14.3 Å². The van der Waals surface area contributed by atoms with Crippen molar-refractivity contribution in [2.24, 2.45) is 0 Å². The number of fused-ring (bicyclic) bond motifs is 1. The van der Waals surface area contributed by atoms with Gasteiger partial charge in [-0.05, 0) is 25.8 Å². The molecule has 3 rings (SSSR count). The average molecular weight is 409 g/mol. The van der Waals surface area contributed by atoms with Gasteiger partial charge in [-0.25, -0.2) is 0 Å². The van der Waals surface area contributed by atoms with Gasteiger partial charge in [0, 0.05) is 16.1 Å². The van der Waals surface area contributed by atoms with Crippen LogP contribution in [0.3, 0.4) is 0 Å². The van der Waals surface area contributed by atoms with Crippen LogP contribution in [-0.4, -0.2) is 36.5 Å². The number of halogens is 1. The zero-order chi connectivity index (χ0) is 19.4. The maximum Gasteiger partial charge on any atom is 0.326 e. The van der Waals surface area contributed by atoms with Gasteiger partial charge in [-0.15, -0.1) is 11.3 Å². The molecule has 0 saturated heterocycles. The quantitative estimate of drug-likeness (QED) is 0.718. The molecule has 1 heterocycles. The summed E-state index contributed by atoms with van der Waals surface area (Å²) in [6, 6.07) is 7.59. The fraction of sp³-hybridized carbons (Fsp3) is 0.421. The van der Waals surface area contributed by atoms with Crippen molar-refractivity contribution < 1.29 is 19.1 Å². The number of carbonyl (C=O) groups excluding carboxylic acids is 3. The minimum Gasteiger partial charge on any atom is -0.451 e. The van der Waals surface area contributed by atoms with Gasteiger partial charge >= 0.3 is 5.97 Å². The molecule has 2 aromatic rings. The number of hydrogen-bond donors (Lipinski definition) is 2. The lowest BCUT2D eigenvalue weighted by molar-refractivity contribution is -0.154. The first-order valence-corrected chi connectivity index (χ1v) is 10.1. The smallest absolute Gasteiger partial charge is 0.326 e. The van der Waals surface area contributed by atoms with Gasteiger partial charge in [0.2, 0.25) is 0 Å². The summed E-state index contributed by atoms with van der Waals surface area (Å²) in [4.78, 5) is 36.7. The molecule has 1 atom stereocenters. The molecule has 0 unspecified atom stereocenters. The maximum atomic E-state index is 12.3. The van der Waals surface area contributed by atoms with Crippen molar-refractivity contribution in [2.45, 2.75) is 44.8 Å². The van der Waals surface area contributed by atoms with Gasteiger partial charge in [0.05, 0.1) is 5.02 Å². The predicted octanol–water partition coefficient (Wildman–Crippen LogP) is 3.28. The minimum absolute atomic E-state index is 0.161. The number of rotatable bonds is 6. The Morgan fingerprint density at radius 2 is 1.96 bits per heavy atom. The van der Waals surface area contributed by atoms with E-state index in [0.717, 1.165) is 35.8 Å². The molecule has 1 aliphatic carbocycles. The Morgan fingerprint density at radius 3 is 2.67 bits per heavy atom. The zero-order valence-corrected chi connectivity index (χ0v) is 16.5. The van der Waals surface area contributed by atoms with E-state index < -0.39 is 18.0 Å². The number of ether oxygens (including phenoxy) is 1. The van der Waals surface area contributed by atoms with E-state index in [1.807, 2.05) is 24.3 Å². The van der Waals surface area contributed by atoms with Crippen LogP contribution in [0.15, 0.2) is 24.3 Å². The van der Waals surface area contributed by atoms with Gasteiger partial charge in [-0.3, -0.25) is 14.4 Å². The van der Waals surface area contributed by atoms with Crippen LogP contribution in [0.5, 0.6) is 0 Å². The van der Waals surface area contributed by atoms with Crippen molar-refractivity contribution in [2.75, 3.05) is 6.54 Å². The average Bonchev–Trinajstić information content (AvgIpc) is 3.28. The first-order chi connectivity index (χ1) is 13.0. The van der Waals surface area contributed by atoms with Gasteiger partial charge in [0.15, 0.2) is 6.10 Å². The standard InChI is InChI=1S/C19H21ClN2O4S/c1-11(18(24)22-12-6-2-3-7-12)26-15(23)10-21-19(25)17-16(20)13-8-4-5-9-14(13)27-17/h4-5,8-9,11-12H,2-3,6-7,10H2,1H3,(H,21,25)(H,22,24)/t11-/m0/s1. The molecule has 1 fully saturated rings. The zero-order valence-electron chi connectivity index (χ0n) is 14.9. The molecule has 1 aliphatic rings. The summed E-state index contributed by atoms with van der Waals surface area (Å²) in [5.74, 6) is -1.43. The van der Waals surface area contributed by atoms with Crippen molar-refractivity contribution in [3.63, 3.8) is 0 Å². The lowest BCUT2D eigenvalue weighted by Crippen LogP contribution is -2.42. The van der Waals surface area contributed by atoms with E-state index in [1.165, 1.54) is 18.3 Å². The van der Waals surface area contributed by atoms with Crippen LogP contribution in [0.2, 0.25) is 5.02 Å². The number of nitrogens with one attached hydrogen (secondary N) is 2. The number of thiophene rings is 1. The summed E-state index contributed by atoms with van der Waals surface area (Å²) < 4.78 is 6.00. The Labute approximate surface area is 166 Å². The molecule has 0 aliphatic heterocycles. The largest absolute Gasteiger partial charge is 0.451 e. The van der Waals surface area contributed by atoms with Crippen LogP contribution in [0.1, 0.15) is 42.3 Å². The Balaban J connectivity index is 1.49. The molecule has 144 valence electrons. The monoisotopic (exact) mass is 408 g/mol. The molecule has 2 amide bonds. The van der Waals surface area contributed by atoms with Crippen molar-refractivity contribution in [3.05, 3.63) is 34.2 Å². The number of esters is 1. The highest BCUT2D eigenvalue weighted by Gasteiger charge is 2.23. The minimum atomic E-state index is -0.900. The molecule has 6 nitrogen and oxygen atoms in total. The molecule has 1 aromatic carbocycles. The summed E-state index contributed by atoms with van der Waals surface area (Å²) in [5.41, 5.74) is 0. The molecule has 2 N–H and O–H groups in total. The highest BCUT2D eigenvalue weighted by atomic mass is 35.5. The summed E-state index contributed by atoms with van der Waals surface area (Å²) in [5, 5.41) is 6.54. The normalized spacial score (nSPS) is 15.5. The summed E-state index contributed by atoms with van der Waals surface area (Å²) in [6.07, 6.45) is 3.22. The lowest BCUT2D eigenvalue weighted by Gasteiger charge is -2.17. The van der Waals surface area contributed by atoms with Crippen LogP contribution >= 0.6 is 22.9 Å². The molecule has 0 radical (unpaired) electrons. The van der Waals surface area contributed by atoms with Gasteiger partial charge < -0.3 is 15.4 Å². The second kappa shape index (κ2) is 8.71. The van der Waals surface area contributed by atoms with Gasteiger partial charge in [0.25, 0.3) is 11.8 Å². The Kier molecular flexibility index (Phi) is 6.34. The van der Waals surface area contributed by atoms with Crippen molar-refractivity contribution in [1.82, 2.24) is 10.6 Å². The number of amides is 2.